The lowest BCUT2D eigenvalue weighted by atomic mass is 10.2. The van der Waals surface area contributed by atoms with Crippen molar-refractivity contribution in [3.63, 3.8) is 0 Å². The van der Waals surface area contributed by atoms with E-state index in [0.29, 0.717) is 28.3 Å². The summed E-state index contributed by atoms with van der Waals surface area (Å²) in [6.07, 6.45) is 0. The number of anilines is 1. The lowest BCUT2D eigenvalue weighted by molar-refractivity contribution is 0.252. The first-order valence-electron chi connectivity index (χ1n) is 7.25. The van der Waals surface area contributed by atoms with Gasteiger partial charge in [0.2, 0.25) is 0 Å². The molecule has 24 heavy (non-hydrogen) atoms. The molecule has 0 aliphatic rings. The van der Waals surface area contributed by atoms with Gasteiger partial charge < -0.3 is 15.5 Å². The van der Waals surface area contributed by atoms with Crippen molar-refractivity contribution in [1.82, 2.24) is 10.2 Å². The Morgan fingerprint density at radius 1 is 1.25 bits per heavy atom. The molecule has 1 atom stereocenters. The molecule has 0 radical (unpaired) electrons. The Bertz CT molecular complexity index is 631. The van der Waals surface area contributed by atoms with Crippen LogP contribution in [0.15, 0.2) is 46.7 Å². The second-order valence-corrected chi connectivity index (χ2v) is 7.68. The summed E-state index contributed by atoms with van der Waals surface area (Å²) in [5, 5.41) is 8.84. The van der Waals surface area contributed by atoms with Gasteiger partial charge in [0, 0.05) is 22.0 Å². The normalized spacial score (nSPS) is 12.4. The van der Waals surface area contributed by atoms with Crippen LogP contribution >= 0.6 is 35.3 Å². The third-order valence-electron chi connectivity index (χ3n) is 3.29. The minimum atomic E-state index is -2.41. The second kappa shape index (κ2) is 9.31. The van der Waals surface area contributed by atoms with Crippen LogP contribution in [0.25, 0.3) is 0 Å². The zero-order valence-corrected chi connectivity index (χ0v) is 15.8. The molecule has 0 saturated heterocycles. The van der Waals surface area contributed by atoms with Crippen LogP contribution in [0.3, 0.4) is 0 Å². The Morgan fingerprint density at radius 3 is 2.50 bits per heavy atom. The standard InChI is InChI=1S/C16H19F2N3S3/c1-21(2)13(14-4-3-9-23-14)10-19-16(22)20-11-5-7-12(8-6-11)24-15(17)18/h3-9,13,15H,10H2,1-2H3,(H2,19,20,22). The van der Waals surface area contributed by atoms with E-state index in [1.165, 1.54) is 4.88 Å². The molecule has 0 bridgehead atoms. The van der Waals surface area contributed by atoms with Crippen LogP contribution in [0.5, 0.6) is 0 Å². The van der Waals surface area contributed by atoms with Crippen molar-refractivity contribution < 1.29 is 8.78 Å². The Hall–Kier alpha value is -1.22. The second-order valence-electron chi connectivity index (χ2n) is 5.23. The number of nitrogens with zero attached hydrogens (tertiary/aromatic N) is 1. The molecule has 0 fully saturated rings. The topological polar surface area (TPSA) is 27.3 Å². The summed E-state index contributed by atoms with van der Waals surface area (Å²) in [6, 6.07) is 11.1. The largest absolute Gasteiger partial charge is 0.360 e. The number of nitrogens with one attached hydrogen (secondary N) is 2. The average Bonchev–Trinajstić information content (AvgIpc) is 3.02. The van der Waals surface area contributed by atoms with Gasteiger partial charge in [-0.15, -0.1) is 11.3 Å². The first-order chi connectivity index (χ1) is 11.5. The minimum Gasteiger partial charge on any atom is -0.360 e. The maximum absolute atomic E-state index is 12.3. The van der Waals surface area contributed by atoms with Gasteiger partial charge in [0.25, 0.3) is 5.76 Å². The van der Waals surface area contributed by atoms with E-state index in [0.717, 1.165) is 5.69 Å². The van der Waals surface area contributed by atoms with E-state index in [2.05, 4.69) is 27.0 Å². The third-order valence-corrected chi connectivity index (χ3v) is 5.23. The van der Waals surface area contributed by atoms with Gasteiger partial charge in [-0.2, -0.15) is 8.78 Å². The summed E-state index contributed by atoms with van der Waals surface area (Å²) in [6.45, 7) is 0.679. The molecular weight excluding hydrogens is 368 g/mol. The molecule has 1 heterocycles. The number of thioether (sulfide) groups is 1. The smallest absolute Gasteiger partial charge is 0.288 e. The summed E-state index contributed by atoms with van der Waals surface area (Å²) < 4.78 is 24.6. The van der Waals surface area contributed by atoms with Gasteiger partial charge in [0.15, 0.2) is 5.11 Å². The van der Waals surface area contributed by atoms with Crippen LogP contribution in [0.4, 0.5) is 14.5 Å². The fourth-order valence-electron chi connectivity index (χ4n) is 2.10. The number of rotatable bonds is 7. The maximum atomic E-state index is 12.3. The van der Waals surface area contributed by atoms with Crippen LogP contribution in [0.2, 0.25) is 0 Å². The van der Waals surface area contributed by atoms with E-state index in [4.69, 9.17) is 12.2 Å². The number of thiocarbonyl (C=S) groups is 1. The number of hydrogen-bond acceptors (Lipinski definition) is 4. The SMILES string of the molecule is CN(C)C(CNC(=S)Nc1ccc(SC(F)F)cc1)c1cccs1. The van der Waals surface area contributed by atoms with Crippen molar-refractivity contribution >= 4 is 46.1 Å². The molecule has 1 aromatic heterocycles. The highest BCUT2D eigenvalue weighted by atomic mass is 32.2. The van der Waals surface area contributed by atoms with E-state index in [1.807, 2.05) is 20.2 Å². The number of alkyl halides is 2. The Balaban J connectivity index is 1.86. The number of hydrogen-bond donors (Lipinski definition) is 2. The lowest BCUT2D eigenvalue weighted by Crippen LogP contribution is -2.36. The Labute approximate surface area is 154 Å². The average molecular weight is 388 g/mol. The molecule has 2 rings (SSSR count). The van der Waals surface area contributed by atoms with E-state index in [1.54, 1.807) is 35.6 Å². The van der Waals surface area contributed by atoms with E-state index in [9.17, 15) is 8.78 Å². The molecule has 8 heteroatoms. The molecule has 1 unspecified atom stereocenters. The van der Waals surface area contributed by atoms with Crippen molar-refractivity contribution in [3.05, 3.63) is 46.7 Å². The van der Waals surface area contributed by atoms with Crippen LogP contribution in [0, 0.1) is 0 Å². The van der Waals surface area contributed by atoms with Gasteiger partial charge in [-0.05, 0) is 62.0 Å². The summed E-state index contributed by atoms with van der Waals surface area (Å²) >= 11 is 7.55. The molecule has 2 aromatic rings. The number of likely N-dealkylation sites (N-methyl/N-ethyl adjacent to an activating group) is 1. The summed E-state index contributed by atoms with van der Waals surface area (Å²) in [5.74, 6) is -2.41. The van der Waals surface area contributed by atoms with Gasteiger partial charge in [-0.3, -0.25) is 0 Å². The van der Waals surface area contributed by atoms with E-state index >= 15 is 0 Å². The molecule has 0 aliphatic heterocycles. The number of benzene rings is 1. The Morgan fingerprint density at radius 2 is 1.96 bits per heavy atom. The molecular formula is C16H19F2N3S3. The Kier molecular flexibility index (Phi) is 7.41. The molecule has 0 aliphatic carbocycles. The van der Waals surface area contributed by atoms with E-state index < -0.39 is 5.76 Å². The zero-order valence-electron chi connectivity index (χ0n) is 13.3. The van der Waals surface area contributed by atoms with Gasteiger partial charge in [-0.1, -0.05) is 17.8 Å². The van der Waals surface area contributed by atoms with Gasteiger partial charge in [-0.25, -0.2) is 0 Å². The minimum absolute atomic E-state index is 0.231. The fraction of sp³-hybridized carbons (Fsp3) is 0.312. The van der Waals surface area contributed by atoms with Crippen molar-refractivity contribution in [2.24, 2.45) is 0 Å². The van der Waals surface area contributed by atoms with Crippen molar-refractivity contribution in [1.29, 1.82) is 0 Å². The van der Waals surface area contributed by atoms with Crippen molar-refractivity contribution in [2.45, 2.75) is 16.7 Å². The number of thiophene rings is 1. The lowest BCUT2D eigenvalue weighted by Gasteiger charge is -2.24. The molecule has 0 amide bonds. The maximum Gasteiger partial charge on any atom is 0.288 e. The number of halogens is 2. The molecule has 0 spiro atoms. The molecule has 0 saturated carbocycles. The van der Waals surface area contributed by atoms with Gasteiger partial charge >= 0.3 is 0 Å². The quantitative estimate of drug-likeness (QED) is 0.533. The molecule has 1 aromatic carbocycles. The van der Waals surface area contributed by atoms with Crippen LogP contribution < -0.4 is 10.6 Å². The highest BCUT2D eigenvalue weighted by Crippen LogP contribution is 2.26. The van der Waals surface area contributed by atoms with Gasteiger partial charge in [0.1, 0.15) is 0 Å². The van der Waals surface area contributed by atoms with E-state index in [-0.39, 0.29) is 6.04 Å². The summed E-state index contributed by atoms with van der Waals surface area (Å²) in [4.78, 5) is 3.93. The molecule has 3 nitrogen and oxygen atoms in total. The van der Waals surface area contributed by atoms with Crippen LogP contribution in [-0.4, -0.2) is 36.4 Å². The van der Waals surface area contributed by atoms with Crippen LogP contribution in [0.1, 0.15) is 10.9 Å². The summed E-state index contributed by atoms with van der Waals surface area (Å²) in [5.41, 5.74) is 0.767. The fourth-order valence-corrected chi connectivity index (χ4v) is 3.73. The highest BCUT2D eigenvalue weighted by Gasteiger charge is 2.15. The predicted molar refractivity (Wildman–Crippen MR) is 103 cm³/mol. The highest BCUT2D eigenvalue weighted by molar-refractivity contribution is 7.99. The molecule has 2 N–H and O–H groups in total. The van der Waals surface area contributed by atoms with Crippen molar-refractivity contribution in [2.75, 3.05) is 26.0 Å². The van der Waals surface area contributed by atoms with Crippen LogP contribution in [-0.2, 0) is 0 Å². The monoisotopic (exact) mass is 387 g/mol. The molecule has 130 valence electrons. The summed E-state index contributed by atoms with van der Waals surface area (Å²) in [7, 11) is 4.06. The van der Waals surface area contributed by atoms with Gasteiger partial charge in [0.05, 0.1) is 6.04 Å². The first kappa shape index (κ1) is 19.1. The zero-order chi connectivity index (χ0) is 17.5. The third kappa shape index (κ3) is 6.01. The predicted octanol–water partition coefficient (Wildman–Crippen LogP) is 4.65. The van der Waals surface area contributed by atoms with Crippen molar-refractivity contribution in [3.8, 4) is 0 Å². The first-order valence-corrected chi connectivity index (χ1v) is 9.42.